The highest BCUT2D eigenvalue weighted by Gasteiger charge is 2.23. The van der Waals surface area contributed by atoms with Crippen molar-refractivity contribution in [3.05, 3.63) is 23.4 Å². The summed E-state index contributed by atoms with van der Waals surface area (Å²) in [6.07, 6.45) is 3.30. The van der Waals surface area contributed by atoms with E-state index in [0.717, 1.165) is 18.4 Å². The third-order valence-corrected chi connectivity index (χ3v) is 3.47. The number of unbranched alkanes of at least 4 members (excludes halogenated alkanes) is 1. The van der Waals surface area contributed by atoms with Crippen molar-refractivity contribution in [2.75, 3.05) is 5.32 Å². The summed E-state index contributed by atoms with van der Waals surface area (Å²) in [5.41, 5.74) is 6.27. The topological polar surface area (TPSA) is 111 Å². The number of hydrogen-bond acceptors (Lipinski definition) is 5. The molecule has 0 radical (unpaired) electrons. The number of ether oxygens (including phenoxy) is 1. The monoisotopic (exact) mass is 305 g/mol. The van der Waals surface area contributed by atoms with Crippen molar-refractivity contribution in [2.45, 2.75) is 45.1 Å². The van der Waals surface area contributed by atoms with E-state index < -0.39 is 18.0 Å². The van der Waals surface area contributed by atoms with Gasteiger partial charge >= 0.3 is 5.97 Å². The lowest BCUT2D eigenvalue weighted by atomic mass is 10.0. The molecule has 0 fully saturated rings. The Morgan fingerprint density at radius 2 is 2.23 bits per heavy atom. The maximum atomic E-state index is 12.1. The number of aromatic nitrogens is 1. The number of nitrogens with one attached hydrogen (secondary N) is 1. The van der Waals surface area contributed by atoms with Crippen LogP contribution < -0.4 is 11.1 Å². The molecule has 1 atom stereocenters. The van der Waals surface area contributed by atoms with Crippen LogP contribution in [0.5, 0.6) is 0 Å². The second-order valence-corrected chi connectivity index (χ2v) is 5.22. The summed E-state index contributed by atoms with van der Waals surface area (Å²) in [6.45, 7) is 1.97. The first-order chi connectivity index (χ1) is 10.5. The van der Waals surface area contributed by atoms with E-state index in [9.17, 15) is 14.4 Å². The number of anilines is 1. The number of esters is 1. The molecule has 0 saturated heterocycles. The Hall–Kier alpha value is -2.44. The van der Waals surface area contributed by atoms with E-state index >= 15 is 0 Å². The van der Waals surface area contributed by atoms with Gasteiger partial charge in [-0.05, 0) is 30.9 Å². The maximum absolute atomic E-state index is 12.1. The quantitative estimate of drug-likeness (QED) is 0.766. The van der Waals surface area contributed by atoms with Crippen molar-refractivity contribution >= 4 is 23.6 Å². The van der Waals surface area contributed by atoms with E-state index in [1.54, 1.807) is 6.07 Å². The van der Waals surface area contributed by atoms with Crippen molar-refractivity contribution in [1.29, 1.82) is 0 Å². The van der Waals surface area contributed by atoms with Crippen molar-refractivity contribution in [2.24, 2.45) is 5.73 Å². The fraction of sp³-hybridized carbons (Fsp3) is 0.467. The van der Waals surface area contributed by atoms with E-state index in [0.29, 0.717) is 25.1 Å². The molecule has 2 amide bonds. The first-order valence-electron chi connectivity index (χ1n) is 7.30. The molecule has 1 aliphatic heterocycles. The number of aryl methyl sites for hydroxylation is 1. The van der Waals surface area contributed by atoms with E-state index in [-0.39, 0.29) is 11.5 Å². The number of amides is 2. The third-order valence-electron chi connectivity index (χ3n) is 3.47. The van der Waals surface area contributed by atoms with Crippen LogP contribution in [0.4, 0.5) is 5.82 Å². The minimum Gasteiger partial charge on any atom is -0.449 e. The minimum atomic E-state index is -0.928. The van der Waals surface area contributed by atoms with E-state index in [2.05, 4.69) is 10.3 Å². The van der Waals surface area contributed by atoms with Crippen LogP contribution >= 0.6 is 0 Å². The van der Waals surface area contributed by atoms with Gasteiger partial charge in [0, 0.05) is 12.6 Å². The highest BCUT2D eigenvalue weighted by molar-refractivity contribution is 5.95. The molecule has 0 aromatic carbocycles. The van der Waals surface area contributed by atoms with Crippen LogP contribution in [0.1, 0.15) is 48.5 Å². The molecule has 2 rings (SSSR count). The van der Waals surface area contributed by atoms with Gasteiger partial charge < -0.3 is 15.8 Å². The summed E-state index contributed by atoms with van der Waals surface area (Å²) in [5, 5.41) is 2.64. The van der Waals surface area contributed by atoms with Gasteiger partial charge in [0.1, 0.15) is 5.82 Å². The van der Waals surface area contributed by atoms with Gasteiger partial charge in [-0.2, -0.15) is 0 Å². The summed E-state index contributed by atoms with van der Waals surface area (Å²) in [7, 11) is 0. The maximum Gasteiger partial charge on any atom is 0.340 e. The summed E-state index contributed by atoms with van der Waals surface area (Å²) < 4.78 is 5.17. The van der Waals surface area contributed by atoms with Gasteiger partial charge in [-0.3, -0.25) is 9.59 Å². The van der Waals surface area contributed by atoms with Gasteiger partial charge in [-0.1, -0.05) is 13.3 Å². The van der Waals surface area contributed by atoms with E-state index in [1.807, 2.05) is 6.92 Å². The van der Waals surface area contributed by atoms with Gasteiger partial charge in [0.25, 0.3) is 5.91 Å². The van der Waals surface area contributed by atoms with Gasteiger partial charge in [0.15, 0.2) is 6.10 Å². The number of carbonyl (C=O) groups excluding carboxylic acids is 3. The zero-order valence-corrected chi connectivity index (χ0v) is 12.4. The summed E-state index contributed by atoms with van der Waals surface area (Å²) in [4.78, 5) is 38.8. The molecule has 0 bridgehead atoms. The number of rotatable bonds is 6. The third kappa shape index (κ3) is 3.81. The molecule has 0 saturated carbocycles. The number of hydrogen-bond donors (Lipinski definition) is 2. The average molecular weight is 305 g/mol. The van der Waals surface area contributed by atoms with Gasteiger partial charge in [-0.25, -0.2) is 9.78 Å². The first kappa shape index (κ1) is 15.9. The predicted octanol–water partition coefficient (Wildman–Crippen LogP) is 1.17. The molecule has 1 unspecified atom stereocenters. The van der Waals surface area contributed by atoms with E-state index in [4.69, 9.17) is 10.5 Å². The van der Waals surface area contributed by atoms with Crippen LogP contribution in [0.15, 0.2) is 12.3 Å². The normalized spacial score (nSPS) is 14.7. The number of fused-ring (bicyclic) bond motifs is 1. The molecule has 1 aliphatic rings. The van der Waals surface area contributed by atoms with Gasteiger partial charge in [0.05, 0.1) is 5.56 Å². The summed E-state index contributed by atoms with van der Waals surface area (Å²) in [6, 6.07) is 1.63. The molecule has 1 aromatic rings. The molecular weight excluding hydrogens is 286 g/mol. The lowest BCUT2D eigenvalue weighted by molar-refractivity contribution is -0.127. The standard InChI is InChI=1S/C15H19N3O4/c1-2-3-4-11(13(16)20)22-15(21)10-7-9-5-6-12(19)18-14(9)17-8-10/h7-8,11H,2-6H2,1H3,(H2,16,20)(H,17,18,19). The van der Waals surface area contributed by atoms with Crippen LogP contribution in [0, 0.1) is 0 Å². The van der Waals surface area contributed by atoms with Crippen LogP contribution in [0.25, 0.3) is 0 Å². The Morgan fingerprint density at radius 1 is 1.45 bits per heavy atom. The van der Waals surface area contributed by atoms with Gasteiger partial charge in [-0.15, -0.1) is 0 Å². The lowest BCUT2D eigenvalue weighted by Gasteiger charge is -2.17. The number of primary amides is 1. The Kier molecular flexibility index (Phi) is 5.08. The average Bonchev–Trinajstić information content (AvgIpc) is 2.50. The second kappa shape index (κ2) is 7.02. The summed E-state index contributed by atoms with van der Waals surface area (Å²) in [5.74, 6) is -0.916. The van der Waals surface area contributed by atoms with Crippen LogP contribution in [-0.4, -0.2) is 28.9 Å². The van der Waals surface area contributed by atoms with Gasteiger partial charge in [0.2, 0.25) is 5.91 Å². The second-order valence-electron chi connectivity index (χ2n) is 5.22. The molecule has 0 spiro atoms. The Labute approximate surface area is 128 Å². The van der Waals surface area contributed by atoms with Crippen molar-refractivity contribution in [3.63, 3.8) is 0 Å². The largest absolute Gasteiger partial charge is 0.449 e. The SMILES string of the molecule is CCCCC(OC(=O)c1cnc2c(c1)CCC(=O)N2)C(N)=O. The Morgan fingerprint density at radius 3 is 2.91 bits per heavy atom. The van der Waals surface area contributed by atoms with Crippen molar-refractivity contribution in [1.82, 2.24) is 4.98 Å². The fourth-order valence-electron chi connectivity index (χ4n) is 2.21. The Bertz CT molecular complexity index is 600. The zero-order valence-electron chi connectivity index (χ0n) is 12.4. The molecule has 7 heteroatoms. The van der Waals surface area contributed by atoms with E-state index in [1.165, 1.54) is 6.20 Å². The predicted molar refractivity (Wildman–Crippen MR) is 79.1 cm³/mol. The smallest absolute Gasteiger partial charge is 0.340 e. The number of carbonyl (C=O) groups is 3. The molecule has 1 aromatic heterocycles. The molecule has 7 nitrogen and oxygen atoms in total. The molecule has 22 heavy (non-hydrogen) atoms. The molecule has 118 valence electrons. The first-order valence-corrected chi connectivity index (χ1v) is 7.30. The Balaban J connectivity index is 2.09. The zero-order chi connectivity index (χ0) is 16.1. The summed E-state index contributed by atoms with van der Waals surface area (Å²) >= 11 is 0. The molecule has 3 N–H and O–H groups in total. The van der Waals surface area contributed by atoms with Crippen molar-refractivity contribution < 1.29 is 19.1 Å². The number of pyridine rings is 1. The lowest BCUT2D eigenvalue weighted by Crippen LogP contribution is -2.33. The molecule has 2 heterocycles. The van der Waals surface area contributed by atoms with Crippen LogP contribution in [0.3, 0.4) is 0 Å². The number of nitrogens with two attached hydrogens (primary N) is 1. The molecule has 0 aliphatic carbocycles. The molecular formula is C15H19N3O4. The van der Waals surface area contributed by atoms with Crippen LogP contribution in [-0.2, 0) is 20.7 Å². The van der Waals surface area contributed by atoms with Crippen LogP contribution in [0.2, 0.25) is 0 Å². The van der Waals surface area contributed by atoms with Crippen molar-refractivity contribution in [3.8, 4) is 0 Å². The number of nitrogens with zero attached hydrogens (tertiary/aromatic N) is 1. The fourth-order valence-corrected chi connectivity index (χ4v) is 2.21. The highest BCUT2D eigenvalue weighted by atomic mass is 16.5. The minimum absolute atomic E-state index is 0.0938. The highest BCUT2D eigenvalue weighted by Crippen LogP contribution is 2.21.